The number of aliphatic hydroxyl groups excluding tert-OH is 1. The topological polar surface area (TPSA) is 62.2 Å². The lowest BCUT2D eigenvalue weighted by molar-refractivity contribution is -0.136. The van der Waals surface area contributed by atoms with Crippen LogP contribution in [0, 0.1) is 0 Å². The van der Waals surface area contributed by atoms with Crippen molar-refractivity contribution >= 4 is 5.91 Å². The Bertz CT molecular complexity index is 810. The van der Waals surface area contributed by atoms with Gasteiger partial charge in [-0.25, -0.2) is 4.39 Å². The Balaban J connectivity index is 1.63. The van der Waals surface area contributed by atoms with Gasteiger partial charge in [0.05, 0.1) is 17.8 Å². The van der Waals surface area contributed by atoms with Gasteiger partial charge >= 0.3 is 0 Å². The molecule has 25 heavy (non-hydrogen) atoms. The number of aryl methyl sites for hydroxylation is 1. The van der Waals surface area contributed by atoms with Crippen molar-refractivity contribution in [3.63, 3.8) is 0 Å². The number of nitrogens with zero attached hydrogens (tertiary/aromatic N) is 1. The smallest absolute Gasteiger partial charge is 0.262 e. The first-order valence-corrected chi connectivity index (χ1v) is 8.81. The van der Waals surface area contributed by atoms with Crippen LogP contribution in [-0.4, -0.2) is 16.0 Å². The lowest BCUT2D eigenvalue weighted by atomic mass is 9.80. The first kappa shape index (κ1) is 16.2. The number of nitrogens with one attached hydrogen (secondary N) is 1. The second-order valence-corrected chi connectivity index (χ2v) is 6.91. The monoisotopic (exact) mass is 340 g/mol. The molecule has 0 bridgehead atoms. The highest BCUT2D eigenvalue weighted by atomic mass is 19.1. The summed E-state index contributed by atoms with van der Waals surface area (Å²) >= 11 is 0. The third kappa shape index (κ3) is 2.72. The van der Waals surface area contributed by atoms with Crippen molar-refractivity contribution in [3.8, 4) is 0 Å². The summed E-state index contributed by atoms with van der Waals surface area (Å²) in [6.07, 6.45) is 3.62. The van der Waals surface area contributed by atoms with E-state index in [1.165, 1.54) is 11.8 Å². The van der Waals surface area contributed by atoms with Crippen molar-refractivity contribution < 1.29 is 14.3 Å². The van der Waals surface area contributed by atoms with Gasteiger partial charge in [0, 0.05) is 11.8 Å². The fraction of sp³-hybridized carbons (Fsp3) is 0.400. The molecule has 5 heteroatoms. The standard InChI is InChI=1S/C20H21FN2O2/c21-20(11-10-17(24)18-15(20)8-4-12-22-18)19(25)23-16-9-3-6-13-5-1-2-7-14(13)16/h1-2,4-5,7-8,12,16-17,24H,3,6,9-11H2,(H,23,25)/t16-,17-,20-/m0/s1. The largest absolute Gasteiger partial charge is 0.387 e. The number of amides is 1. The molecule has 0 unspecified atom stereocenters. The molecule has 2 aromatic rings. The zero-order valence-electron chi connectivity index (χ0n) is 13.9. The van der Waals surface area contributed by atoms with Crippen LogP contribution in [0.15, 0.2) is 42.6 Å². The molecular weight excluding hydrogens is 319 g/mol. The van der Waals surface area contributed by atoms with Crippen molar-refractivity contribution in [2.24, 2.45) is 0 Å². The van der Waals surface area contributed by atoms with Crippen LogP contribution < -0.4 is 5.32 Å². The van der Waals surface area contributed by atoms with Gasteiger partial charge in [0.15, 0.2) is 0 Å². The van der Waals surface area contributed by atoms with Crippen molar-refractivity contribution in [3.05, 3.63) is 65.0 Å². The molecule has 4 rings (SSSR count). The molecule has 1 heterocycles. The Morgan fingerprint density at radius 2 is 2.08 bits per heavy atom. The Morgan fingerprint density at radius 3 is 2.96 bits per heavy atom. The minimum absolute atomic E-state index is 0.0347. The molecule has 2 aliphatic carbocycles. The number of carbonyl (C=O) groups excluding carboxylic acids is 1. The number of aliphatic hydroxyl groups is 1. The van der Waals surface area contributed by atoms with Gasteiger partial charge in [-0.3, -0.25) is 9.78 Å². The molecule has 1 aromatic heterocycles. The number of hydrogen-bond donors (Lipinski definition) is 2. The summed E-state index contributed by atoms with van der Waals surface area (Å²) in [5.74, 6) is -0.629. The van der Waals surface area contributed by atoms with Crippen LogP contribution in [0.4, 0.5) is 4.39 Å². The van der Waals surface area contributed by atoms with Gasteiger partial charge in [-0.15, -0.1) is 0 Å². The average molecular weight is 340 g/mol. The SMILES string of the molecule is O=C(N[C@H]1CCCc2ccccc21)[C@]1(F)CC[C@H](O)c2ncccc21. The van der Waals surface area contributed by atoms with E-state index in [1.54, 1.807) is 12.1 Å². The average Bonchev–Trinajstić information content (AvgIpc) is 2.65. The number of fused-ring (bicyclic) bond motifs is 2. The van der Waals surface area contributed by atoms with Crippen LogP contribution in [0.5, 0.6) is 0 Å². The first-order valence-electron chi connectivity index (χ1n) is 8.81. The fourth-order valence-corrected chi connectivity index (χ4v) is 4.04. The zero-order valence-corrected chi connectivity index (χ0v) is 13.9. The lowest BCUT2D eigenvalue weighted by Crippen LogP contribution is -2.46. The third-order valence-electron chi connectivity index (χ3n) is 5.38. The Hall–Kier alpha value is -2.27. The number of alkyl halides is 1. The molecule has 2 aliphatic rings. The Kier molecular flexibility index (Phi) is 4.04. The number of aromatic nitrogens is 1. The van der Waals surface area contributed by atoms with Gasteiger partial charge in [-0.2, -0.15) is 0 Å². The van der Waals surface area contributed by atoms with Crippen molar-refractivity contribution in [1.29, 1.82) is 0 Å². The van der Waals surface area contributed by atoms with E-state index in [2.05, 4.69) is 16.4 Å². The van der Waals surface area contributed by atoms with Crippen LogP contribution >= 0.6 is 0 Å². The van der Waals surface area contributed by atoms with E-state index in [4.69, 9.17) is 0 Å². The number of benzene rings is 1. The van der Waals surface area contributed by atoms with E-state index in [1.807, 2.05) is 18.2 Å². The summed E-state index contributed by atoms with van der Waals surface area (Å²) < 4.78 is 15.7. The Labute approximate surface area is 146 Å². The molecule has 0 aliphatic heterocycles. The number of halogens is 1. The minimum Gasteiger partial charge on any atom is -0.387 e. The molecule has 1 amide bonds. The minimum atomic E-state index is -2.14. The number of pyridine rings is 1. The molecule has 1 aromatic carbocycles. The molecule has 130 valence electrons. The van der Waals surface area contributed by atoms with Crippen LogP contribution in [0.1, 0.15) is 60.2 Å². The maximum Gasteiger partial charge on any atom is 0.262 e. The summed E-state index contributed by atoms with van der Waals surface area (Å²) in [6.45, 7) is 0. The summed E-state index contributed by atoms with van der Waals surface area (Å²) in [5.41, 5.74) is 0.613. The molecular formula is C20H21FN2O2. The molecule has 3 atom stereocenters. The highest BCUT2D eigenvalue weighted by Gasteiger charge is 2.47. The molecule has 0 saturated carbocycles. The van der Waals surface area contributed by atoms with Gasteiger partial charge < -0.3 is 10.4 Å². The van der Waals surface area contributed by atoms with Crippen LogP contribution in [0.3, 0.4) is 0 Å². The summed E-state index contributed by atoms with van der Waals surface area (Å²) in [6, 6.07) is 11.0. The molecule has 0 spiro atoms. The van der Waals surface area contributed by atoms with E-state index in [0.717, 1.165) is 24.8 Å². The molecule has 0 fully saturated rings. The van der Waals surface area contributed by atoms with Crippen molar-refractivity contribution in [2.75, 3.05) is 0 Å². The fourth-order valence-electron chi connectivity index (χ4n) is 4.04. The maximum atomic E-state index is 15.7. The molecule has 0 radical (unpaired) electrons. The van der Waals surface area contributed by atoms with Crippen LogP contribution in [-0.2, 0) is 16.9 Å². The first-order chi connectivity index (χ1) is 12.1. The van der Waals surface area contributed by atoms with Gasteiger partial charge in [0.2, 0.25) is 5.67 Å². The highest BCUT2D eigenvalue weighted by molar-refractivity contribution is 5.87. The van der Waals surface area contributed by atoms with E-state index >= 15 is 4.39 Å². The predicted octanol–water partition coefficient (Wildman–Crippen LogP) is 3.27. The highest BCUT2D eigenvalue weighted by Crippen LogP contribution is 2.43. The van der Waals surface area contributed by atoms with Crippen molar-refractivity contribution in [1.82, 2.24) is 10.3 Å². The van der Waals surface area contributed by atoms with Crippen LogP contribution in [0.2, 0.25) is 0 Å². The number of hydrogen-bond acceptors (Lipinski definition) is 3. The normalized spacial score (nSPS) is 27.9. The van der Waals surface area contributed by atoms with Crippen molar-refractivity contribution in [2.45, 2.75) is 49.9 Å². The summed E-state index contributed by atoms with van der Waals surface area (Å²) in [5, 5.41) is 13.0. The predicted molar refractivity (Wildman–Crippen MR) is 91.5 cm³/mol. The van der Waals surface area contributed by atoms with E-state index in [-0.39, 0.29) is 30.1 Å². The maximum absolute atomic E-state index is 15.7. The molecule has 2 N–H and O–H groups in total. The van der Waals surface area contributed by atoms with E-state index in [0.29, 0.717) is 0 Å². The van der Waals surface area contributed by atoms with Gasteiger partial charge in [0.1, 0.15) is 0 Å². The molecule has 4 nitrogen and oxygen atoms in total. The number of carbonyl (C=O) groups is 1. The van der Waals surface area contributed by atoms with E-state index < -0.39 is 17.7 Å². The number of rotatable bonds is 2. The zero-order chi connectivity index (χ0) is 17.4. The second-order valence-electron chi connectivity index (χ2n) is 6.91. The summed E-state index contributed by atoms with van der Waals surface area (Å²) in [4.78, 5) is 17.0. The molecule has 0 saturated heterocycles. The lowest BCUT2D eigenvalue weighted by Gasteiger charge is -2.35. The quantitative estimate of drug-likeness (QED) is 0.882. The van der Waals surface area contributed by atoms with Gasteiger partial charge in [-0.05, 0) is 49.3 Å². The second kappa shape index (κ2) is 6.23. The van der Waals surface area contributed by atoms with Gasteiger partial charge in [-0.1, -0.05) is 30.3 Å². The summed E-state index contributed by atoms with van der Waals surface area (Å²) in [7, 11) is 0. The van der Waals surface area contributed by atoms with Crippen LogP contribution in [0.25, 0.3) is 0 Å². The Morgan fingerprint density at radius 1 is 1.24 bits per heavy atom. The van der Waals surface area contributed by atoms with E-state index in [9.17, 15) is 9.90 Å². The van der Waals surface area contributed by atoms with Gasteiger partial charge in [0.25, 0.3) is 5.91 Å². The third-order valence-corrected chi connectivity index (χ3v) is 5.38.